The summed E-state index contributed by atoms with van der Waals surface area (Å²) in [4.78, 5) is 10.6. The van der Waals surface area contributed by atoms with Gasteiger partial charge < -0.3 is 14.6 Å². The van der Waals surface area contributed by atoms with Crippen molar-refractivity contribution in [3.63, 3.8) is 0 Å². The van der Waals surface area contributed by atoms with Gasteiger partial charge in [-0.3, -0.25) is 0 Å². The van der Waals surface area contributed by atoms with Crippen LogP contribution in [-0.4, -0.2) is 23.3 Å². The summed E-state index contributed by atoms with van der Waals surface area (Å²) < 4.78 is 11.4. The van der Waals surface area contributed by atoms with Crippen molar-refractivity contribution in [2.24, 2.45) is 0 Å². The van der Waals surface area contributed by atoms with Crippen molar-refractivity contribution in [1.82, 2.24) is 0 Å². The first kappa shape index (κ1) is 11.4. The Morgan fingerprint density at radius 2 is 2.44 bits per heavy atom. The smallest absolute Gasteiger partial charge is 0.341 e. The highest BCUT2D eigenvalue weighted by atomic mass is 16.5. The number of rotatable bonds is 3. The van der Waals surface area contributed by atoms with E-state index in [1.54, 1.807) is 6.07 Å². The fourth-order valence-corrected chi connectivity index (χ4v) is 3.15. The third kappa shape index (κ3) is 1.64. The number of para-hydroxylation sites is 1. The molecule has 0 aromatic heterocycles. The van der Waals surface area contributed by atoms with Gasteiger partial charge >= 0.3 is 5.97 Å². The molecule has 1 aliphatic carbocycles. The van der Waals surface area contributed by atoms with Crippen molar-refractivity contribution in [1.29, 1.82) is 0 Å². The van der Waals surface area contributed by atoms with E-state index in [0.29, 0.717) is 11.7 Å². The summed E-state index contributed by atoms with van der Waals surface area (Å²) in [5.41, 5.74) is 1.03. The first-order valence-corrected chi connectivity index (χ1v) is 6.27. The number of carbonyl (C=O) groups is 1. The van der Waals surface area contributed by atoms with Crippen LogP contribution in [0.2, 0.25) is 0 Å². The second kappa shape index (κ2) is 3.90. The van der Waals surface area contributed by atoms with E-state index >= 15 is 0 Å². The van der Waals surface area contributed by atoms with Crippen molar-refractivity contribution < 1.29 is 19.4 Å². The summed E-state index contributed by atoms with van der Waals surface area (Å²) in [6, 6.07) is 5.74. The van der Waals surface area contributed by atoms with E-state index in [9.17, 15) is 4.79 Å². The molecular weight excluding hydrogens is 232 g/mol. The molecule has 1 aromatic carbocycles. The fraction of sp³-hybridized carbons (Fsp3) is 0.500. The molecule has 2 aliphatic rings. The van der Waals surface area contributed by atoms with Gasteiger partial charge in [0.25, 0.3) is 0 Å². The molecule has 3 rings (SSSR count). The Morgan fingerprint density at radius 1 is 1.61 bits per heavy atom. The molecule has 0 spiro atoms. The maximum atomic E-state index is 10.6. The van der Waals surface area contributed by atoms with Crippen LogP contribution in [0.4, 0.5) is 0 Å². The van der Waals surface area contributed by atoms with Gasteiger partial charge in [0.1, 0.15) is 5.60 Å². The zero-order valence-electron chi connectivity index (χ0n) is 10.3. The van der Waals surface area contributed by atoms with Crippen LogP contribution < -0.4 is 9.47 Å². The van der Waals surface area contributed by atoms with Crippen LogP contribution in [0.1, 0.15) is 37.7 Å². The monoisotopic (exact) mass is 248 g/mol. The van der Waals surface area contributed by atoms with Crippen molar-refractivity contribution in [3.8, 4) is 11.5 Å². The van der Waals surface area contributed by atoms with Gasteiger partial charge in [-0.05, 0) is 32.3 Å². The Labute approximate surface area is 106 Å². The average molecular weight is 248 g/mol. The fourth-order valence-electron chi connectivity index (χ4n) is 3.15. The number of fused-ring (bicyclic) bond motifs is 3. The maximum Gasteiger partial charge on any atom is 0.341 e. The number of carboxylic acids is 1. The van der Waals surface area contributed by atoms with E-state index in [1.165, 1.54) is 6.42 Å². The van der Waals surface area contributed by atoms with Crippen LogP contribution in [0.3, 0.4) is 0 Å². The minimum absolute atomic E-state index is 0.134. The van der Waals surface area contributed by atoms with E-state index in [0.717, 1.165) is 24.2 Å². The second-order valence-corrected chi connectivity index (χ2v) is 5.22. The molecule has 2 atom stereocenters. The van der Waals surface area contributed by atoms with Gasteiger partial charge in [-0.2, -0.15) is 0 Å². The number of benzene rings is 1. The highest BCUT2D eigenvalue weighted by Crippen LogP contribution is 2.56. The van der Waals surface area contributed by atoms with Gasteiger partial charge in [0.15, 0.2) is 18.1 Å². The van der Waals surface area contributed by atoms with E-state index in [2.05, 4.69) is 13.0 Å². The minimum Gasteiger partial charge on any atom is -0.483 e. The van der Waals surface area contributed by atoms with Gasteiger partial charge in [0, 0.05) is 11.5 Å². The highest BCUT2D eigenvalue weighted by Gasteiger charge is 2.48. The second-order valence-electron chi connectivity index (χ2n) is 5.22. The maximum absolute atomic E-state index is 10.6. The van der Waals surface area contributed by atoms with Crippen molar-refractivity contribution >= 4 is 5.97 Å². The molecule has 1 aromatic rings. The van der Waals surface area contributed by atoms with Crippen LogP contribution in [0.25, 0.3) is 0 Å². The molecule has 96 valence electrons. The Hall–Kier alpha value is -1.71. The van der Waals surface area contributed by atoms with Crippen molar-refractivity contribution in [3.05, 3.63) is 23.8 Å². The quantitative estimate of drug-likeness (QED) is 0.893. The van der Waals surface area contributed by atoms with Gasteiger partial charge in [-0.25, -0.2) is 4.79 Å². The zero-order chi connectivity index (χ0) is 12.8. The van der Waals surface area contributed by atoms with Crippen LogP contribution in [-0.2, 0) is 4.79 Å². The third-order valence-corrected chi connectivity index (χ3v) is 3.97. The Balaban J connectivity index is 1.93. The van der Waals surface area contributed by atoms with E-state index in [-0.39, 0.29) is 12.2 Å². The molecule has 0 bridgehead atoms. The number of hydrogen-bond donors (Lipinski definition) is 1. The third-order valence-electron chi connectivity index (χ3n) is 3.97. The SMILES string of the molecule is C[C@]12CCC[C@H]1c1cccc(OCC(=O)O)c1O2. The Morgan fingerprint density at radius 3 is 3.22 bits per heavy atom. The largest absolute Gasteiger partial charge is 0.483 e. The zero-order valence-corrected chi connectivity index (χ0v) is 10.3. The molecule has 0 saturated heterocycles. The summed E-state index contributed by atoms with van der Waals surface area (Å²) in [6.45, 7) is 1.80. The minimum atomic E-state index is -0.975. The Bertz CT molecular complexity index is 497. The number of hydrogen-bond acceptors (Lipinski definition) is 3. The highest BCUT2D eigenvalue weighted by molar-refractivity contribution is 5.68. The van der Waals surface area contributed by atoms with Crippen LogP contribution in [0, 0.1) is 0 Å². The summed E-state index contributed by atoms with van der Waals surface area (Å²) in [6.07, 6.45) is 3.36. The molecule has 0 amide bonds. The van der Waals surface area contributed by atoms with Crippen molar-refractivity contribution in [2.45, 2.75) is 37.7 Å². The predicted molar refractivity (Wildman–Crippen MR) is 65.2 cm³/mol. The number of aliphatic carboxylic acids is 1. The molecule has 1 saturated carbocycles. The van der Waals surface area contributed by atoms with Gasteiger partial charge in [0.2, 0.25) is 0 Å². The van der Waals surface area contributed by atoms with Crippen molar-refractivity contribution in [2.75, 3.05) is 6.61 Å². The molecule has 4 nitrogen and oxygen atoms in total. The van der Waals surface area contributed by atoms with Gasteiger partial charge in [-0.1, -0.05) is 12.1 Å². The summed E-state index contributed by atoms with van der Waals surface area (Å²) >= 11 is 0. The topological polar surface area (TPSA) is 55.8 Å². The molecule has 0 unspecified atom stereocenters. The average Bonchev–Trinajstić information content (AvgIpc) is 2.80. The molecule has 18 heavy (non-hydrogen) atoms. The molecule has 1 N–H and O–H groups in total. The number of ether oxygens (including phenoxy) is 2. The molecule has 0 radical (unpaired) electrons. The summed E-state index contributed by atoms with van der Waals surface area (Å²) in [5.74, 6) is 0.731. The molecule has 4 heteroatoms. The van der Waals surface area contributed by atoms with Crippen LogP contribution in [0.5, 0.6) is 11.5 Å². The number of carboxylic acid groups (broad SMARTS) is 1. The van der Waals surface area contributed by atoms with Crippen LogP contribution in [0.15, 0.2) is 18.2 Å². The molecule has 1 heterocycles. The summed E-state index contributed by atoms with van der Waals surface area (Å²) in [7, 11) is 0. The lowest BCUT2D eigenvalue weighted by Crippen LogP contribution is -2.29. The van der Waals surface area contributed by atoms with E-state index in [4.69, 9.17) is 14.6 Å². The molecule has 1 fully saturated rings. The normalized spacial score (nSPS) is 28.4. The predicted octanol–water partition coefficient (Wildman–Crippen LogP) is 2.57. The first-order chi connectivity index (χ1) is 8.60. The van der Waals surface area contributed by atoms with Crippen LogP contribution >= 0.6 is 0 Å². The molecular formula is C14H16O4. The summed E-state index contributed by atoms with van der Waals surface area (Å²) in [5, 5.41) is 8.67. The Kier molecular flexibility index (Phi) is 2.47. The lowest BCUT2D eigenvalue weighted by Gasteiger charge is -2.23. The van der Waals surface area contributed by atoms with Gasteiger partial charge in [-0.15, -0.1) is 0 Å². The van der Waals surface area contributed by atoms with Gasteiger partial charge in [0.05, 0.1) is 0 Å². The first-order valence-electron chi connectivity index (χ1n) is 6.27. The van der Waals surface area contributed by atoms with E-state index < -0.39 is 5.97 Å². The standard InChI is InChI=1S/C14H16O4/c1-14-7-3-5-10(14)9-4-2-6-11(13(9)18-14)17-8-12(15)16/h2,4,6,10H,3,5,7-8H2,1H3,(H,15,16)/t10-,14-/m0/s1. The van der Waals surface area contributed by atoms with E-state index in [1.807, 2.05) is 6.07 Å². The lowest BCUT2D eigenvalue weighted by molar-refractivity contribution is -0.139. The lowest BCUT2D eigenvalue weighted by atomic mass is 9.89. The molecule has 1 aliphatic heterocycles.